The fourth-order valence-corrected chi connectivity index (χ4v) is 2.60. The maximum absolute atomic E-state index is 11.9. The van der Waals surface area contributed by atoms with Gasteiger partial charge in [-0.2, -0.15) is 5.26 Å². The van der Waals surface area contributed by atoms with Crippen molar-refractivity contribution in [2.45, 2.75) is 6.42 Å². The molecule has 0 spiro atoms. The second-order valence-electron chi connectivity index (χ2n) is 5.42. The molecule has 0 aliphatic carbocycles. The summed E-state index contributed by atoms with van der Waals surface area (Å²) in [5, 5.41) is 16.5. The summed E-state index contributed by atoms with van der Waals surface area (Å²) >= 11 is 5.98. The summed E-state index contributed by atoms with van der Waals surface area (Å²) in [4.78, 5) is 16.4. The number of fused-ring (bicyclic) bond motifs is 1. The molecule has 3 aromatic rings. The maximum atomic E-state index is 11.9. The molecule has 6 heteroatoms. The SMILES string of the molecule is N#Cc1cc(NCCC(=O)Nc2ccccc2)nc2ccc(Cl)cc12. The number of anilines is 2. The molecule has 2 N–H and O–H groups in total. The third kappa shape index (κ3) is 4.25. The highest BCUT2D eigenvalue weighted by molar-refractivity contribution is 6.31. The van der Waals surface area contributed by atoms with Crippen molar-refractivity contribution in [1.29, 1.82) is 5.26 Å². The predicted octanol–water partition coefficient (Wildman–Crippen LogP) is 4.20. The minimum Gasteiger partial charge on any atom is -0.369 e. The second-order valence-corrected chi connectivity index (χ2v) is 5.86. The molecule has 5 nitrogen and oxygen atoms in total. The van der Waals surface area contributed by atoms with Crippen LogP contribution < -0.4 is 10.6 Å². The Morgan fingerprint density at radius 2 is 1.96 bits per heavy atom. The van der Waals surface area contributed by atoms with Crippen LogP contribution in [0, 0.1) is 11.3 Å². The quantitative estimate of drug-likeness (QED) is 0.722. The molecule has 0 radical (unpaired) electrons. The molecule has 1 amide bonds. The number of carbonyl (C=O) groups excluding carboxylic acids is 1. The molecule has 0 saturated heterocycles. The number of nitrogens with zero attached hydrogens (tertiary/aromatic N) is 2. The van der Waals surface area contributed by atoms with Gasteiger partial charge in [0.05, 0.1) is 17.1 Å². The van der Waals surface area contributed by atoms with Gasteiger partial charge in [0.25, 0.3) is 0 Å². The Bertz CT molecular complexity index is 951. The molecule has 0 aliphatic rings. The number of hydrogen-bond donors (Lipinski definition) is 2. The number of aromatic nitrogens is 1. The molecule has 0 saturated carbocycles. The number of hydrogen-bond acceptors (Lipinski definition) is 4. The molecule has 0 unspecified atom stereocenters. The number of para-hydroxylation sites is 1. The Balaban J connectivity index is 1.64. The van der Waals surface area contributed by atoms with Crippen LogP contribution in [0.1, 0.15) is 12.0 Å². The van der Waals surface area contributed by atoms with Crippen LogP contribution in [0.2, 0.25) is 5.02 Å². The monoisotopic (exact) mass is 350 g/mol. The molecule has 2 aromatic carbocycles. The maximum Gasteiger partial charge on any atom is 0.226 e. The van der Waals surface area contributed by atoms with Crippen LogP contribution in [0.5, 0.6) is 0 Å². The first kappa shape index (κ1) is 16.7. The highest BCUT2D eigenvalue weighted by atomic mass is 35.5. The molecule has 25 heavy (non-hydrogen) atoms. The van der Waals surface area contributed by atoms with Gasteiger partial charge in [-0.25, -0.2) is 4.98 Å². The zero-order valence-corrected chi connectivity index (χ0v) is 14.0. The van der Waals surface area contributed by atoms with E-state index in [0.717, 1.165) is 5.69 Å². The Labute approximate surface area is 150 Å². The van der Waals surface area contributed by atoms with E-state index in [0.29, 0.717) is 33.9 Å². The number of rotatable bonds is 5. The summed E-state index contributed by atoms with van der Waals surface area (Å²) in [5.41, 5.74) is 1.93. The van der Waals surface area contributed by atoms with Crippen LogP contribution in [0.4, 0.5) is 11.5 Å². The third-order valence-corrected chi connectivity index (χ3v) is 3.84. The summed E-state index contributed by atoms with van der Waals surface area (Å²) < 4.78 is 0. The molecule has 0 bridgehead atoms. The van der Waals surface area contributed by atoms with Gasteiger partial charge in [0, 0.05) is 29.1 Å². The van der Waals surface area contributed by atoms with E-state index in [1.807, 2.05) is 30.3 Å². The van der Waals surface area contributed by atoms with Crippen LogP contribution in [0.3, 0.4) is 0 Å². The molecule has 0 fully saturated rings. The molecular weight excluding hydrogens is 336 g/mol. The highest BCUT2D eigenvalue weighted by Gasteiger charge is 2.07. The highest BCUT2D eigenvalue weighted by Crippen LogP contribution is 2.23. The largest absolute Gasteiger partial charge is 0.369 e. The lowest BCUT2D eigenvalue weighted by Crippen LogP contribution is -2.16. The van der Waals surface area contributed by atoms with E-state index in [4.69, 9.17) is 11.6 Å². The van der Waals surface area contributed by atoms with Gasteiger partial charge in [0.1, 0.15) is 5.82 Å². The van der Waals surface area contributed by atoms with Crippen LogP contribution in [0.25, 0.3) is 10.9 Å². The number of carbonyl (C=O) groups is 1. The van der Waals surface area contributed by atoms with Crippen LogP contribution in [0.15, 0.2) is 54.6 Å². The average Bonchev–Trinajstić information content (AvgIpc) is 2.62. The minimum absolute atomic E-state index is 0.0909. The van der Waals surface area contributed by atoms with Crippen molar-refractivity contribution in [3.05, 3.63) is 65.2 Å². The summed E-state index contributed by atoms with van der Waals surface area (Å²) in [5.74, 6) is 0.464. The lowest BCUT2D eigenvalue weighted by atomic mass is 10.1. The molecule has 1 heterocycles. The van der Waals surface area contributed by atoms with Crippen LogP contribution >= 0.6 is 11.6 Å². The number of nitrogens with one attached hydrogen (secondary N) is 2. The van der Waals surface area contributed by atoms with E-state index in [1.165, 1.54) is 0 Å². The molecular formula is C19H15ClN4O. The van der Waals surface area contributed by atoms with Crippen LogP contribution in [-0.4, -0.2) is 17.4 Å². The smallest absolute Gasteiger partial charge is 0.226 e. The third-order valence-electron chi connectivity index (χ3n) is 3.61. The number of pyridine rings is 1. The number of benzene rings is 2. The van der Waals surface area contributed by atoms with Gasteiger partial charge in [-0.05, 0) is 36.4 Å². The average molecular weight is 351 g/mol. The predicted molar refractivity (Wildman–Crippen MR) is 99.6 cm³/mol. The Hall–Kier alpha value is -3.10. The zero-order valence-electron chi connectivity index (χ0n) is 13.3. The van der Waals surface area contributed by atoms with Gasteiger partial charge in [0.2, 0.25) is 5.91 Å². The van der Waals surface area contributed by atoms with Crippen molar-refractivity contribution in [1.82, 2.24) is 4.98 Å². The van der Waals surface area contributed by atoms with Gasteiger partial charge in [-0.15, -0.1) is 0 Å². The molecule has 3 rings (SSSR count). The van der Waals surface area contributed by atoms with Crippen molar-refractivity contribution < 1.29 is 4.79 Å². The molecule has 124 valence electrons. The van der Waals surface area contributed by atoms with Gasteiger partial charge in [-0.1, -0.05) is 29.8 Å². The summed E-state index contributed by atoms with van der Waals surface area (Å²) in [6.45, 7) is 0.412. The van der Waals surface area contributed by atoms with E-state index in [-0.39, 0.29) is 12.3 Å². The summed E-state index contributed by atoms with van der Waals surface area (Å²) in [7, 11) is 0. The first-order valence-corrected chi connectivity index (χ1v) is 8.13. The number of nitriles is 1. The molecule has 1 aromatic heterocycles. The minimum atomic E-state index is -0.0909. The fourth-order valence-electron chi connectivity index (χ4n) is 2.43. The van der Waals surface area contributed by atoms with E-state index in [2.05, 4.69) is 21.7 Å². The molecule has 0 aliphatic heterocycles. The lowest BCUT2D eigenvalue weighted by molar-refractivity contribution is -0.115. The first-order valence-electron chi connectivity index (χ1n) is 7.75. The lowest BCUT2D eigenvalue weighted by Gasteiger charge is -2.09. The summed E-state index contributed by atoms with van der Waals surface area (Å²) in [6, 6.07) is 18.3. The Kier molecular flexibility index (Phi) is 5.12. The van der Waals surface area contributed by atoms with Gasteiger partial charge in [-0.3, -0.25) is 4.79 Å². The van der Waals surface area contributed by atoms with E-state index in [9.17, 15) is 10.1 Å². The van der Waals surface area contributed by atoms with Crippen molar-refractivity contribution in [3.8, 4) is 6.07 Å². The van der Waals surface area contributed by atoms with Crippen molar-refractivity contribution in [3.63, 3.8) is 0 Å². The zero-order chi connectivity index (χ0) is 17.6. The van der Waals surface area contributed by atoms with Gasteiger partial charge >= 0.3 is 0 Å². The normalized spacial score (nSPS) is 10.2. The van der Waals surface area contributed by atoms with Crippen molar-refractivity contribution in [2.24, 2.45) is 0 Å². The van der Waals surface area contributed by atoms with Crippen molar-refractivity contribution in [2.75, 3.05) is 17.2 Å². The standard InChI is InChI=1S/C19H15ClN4O/c20-14-6-7-17-16(11-14)13(12-21)10-18(24-17)22-9-8-19(25)23-15-4-2-1-3-5-15/h1-7,10-11H,8-9H2,(H,22,24)(H,23,25). The topological polar surface area (TPSA) is 77.8 Å². The van der Waals surface area contributed by atoms with Crippen LogP contribution in [-0.2, 0) is 4.79 Å². The fraction of sp³-hybridized carbons (Fsp3) is 0.105. The van der Waals surface area contributed by atoms with Crippen molar-refractivity contribution >= 4 is 39.9 Å². The Morgan fingerprint density at radius 1 is 1.16 bits per heavy atom. The van der Waals surface area contributed by atoms with E-state index < -0.39 is 0 Å². The Morgan fingerprint density at radius 3 is 2.72 bits per heavy atom. The summed E-state index contributed by atoms with van der Waals surface area (Å²) in [6.07, 6.45) is 0.289. The second kappa shape index (κ2) is 7.65. The van der Waals surface area contributed by atoms with Gasteiger partial charge < -0.3 is 10.6 Å². The number of halogens is 1. The van der Waals surface area contributed by atoms with E-state index >= 15 is 0 Å². The number of amides is 1. The first-order chi connectivity index (χ1) is 12.2. The van der Waals surface area contributed by atoms with E-state index in [1.54, 1.807) is 24.3 Å². The van der Waals surface area contributed by atoms with Gasteiger partial charge in [0.15, 0.2) is 0 Å². The molecule has 0 atom stereocenters.